The highest BCUT2D eigenvalue weighted by molar-refractivity contribution is 5.92. The summed E-state index contributed by atoms with van der Waals surface area (Å²) in [5.74, 6) is -0.0404. The molecule has 0 saturated carbocycles. The molecule has 1 amide bonds. The van der Waals surface area contributed by atoms with Gasteiger partial charge in [0.25, 0.3) is 5.91 Å². The quantitative estimate of drug-likeness (QED) is 0.759. The lowest BCUT2D eigenvalue weighted by Crippen LogP contribution is -2.35. The number of hydrogen-bond acceptors (Lipinski definition) is 3. The van der Waals surface area contributed by atoms with Gasteiger partial charge in [-0.05, 0) is 18.1 Å². The maximum Gasteiger partial charge on any atom is 0.267 e. The van der Waals surface area contributed by atoms with E-state index in [1.807, 2.05) is 30.7 Å². The number of carbonyl (C=O) groups is 1. The van der Waals surface area contributed by atoms with Crippen LogP contribution >= 0.6 is 0 Å². The standard InChI is InChI=1S/C13H22N2O3/c1-10(2)12(16)9-14-13(17)11-5-4-6-15(11)7-8-18-3/h4-6,10,12,16H,7-9H2,1-3H3,(H,14,17). The Hall–Kier alpha value is -1.33. The van der Waals surface area contributed by atoms with Gasteiger partial charge in [0.1, 0.15) is 5.69 Å². The van der Waals surface area contributed by atoms with Crippen LogP contribution in [-0.4, -0.2) is 41.9 Å². The molecule has 0 aromatic carbocycles. The minimum absolute atomic E-state index is 0.130. The van der Waals surface area contributed by atoms with E-state index >= 15 is 0 Å². The average molecular weight is 254 g/mol. The second kappa shape index (κ2) is 7.18. The molecule has 1 rings (SSSR count). The smallest absolute Gasteiger partial charge is 0.267 e. The van der Waals surface area contributed by atoms with E-state index in [2.05, 4.69) is 5.32 Å². The van der Waals surface area contributed by atoms with Crippen LogP contribution < -0.4 is 5.32 Å². The predicted molar refractivity (Wildman–Crippen MR) is 69.5 cm³/mol. The lowest BCUT2D eigenvalue weighted by molar-refractivity contribution is 0.0861. The van der Waals surface area contributed by atoms with Gasteiger partial charge in [0.2, 0.25) is 0 Å². The van der Waals surface area contributed by atoms with Crippen LogP contribution in [0.5, 0.6) is 0 Å². The summed E-state index contributed by atoms with van der Waals surface area (Å²) < 4.78 is 6.82. The van der Waals surface area contributed by atoms with Gasteiger partial charge in [-0.3, -0.25) is 4.79 Å². The third-order valence-corrected chi connectivity index (χ3v) is 2.84. The molecule has 5 heteroatoms. The van der Waals surface area contributed by atoms with Crippen molar-refractivity contribution in [2.24, 2.45) is 5.92 Å². The third kappa shape index (κ3) is 4.16. The van der Waals surface area contributed by atoms with Crippen molar-refractivity contribution >= 4 is 5.91 Å². The van der Waals surface area contributed by atoms with Crippen molar-refractivity contribution in [2.45, 2.75) is 26.5 Å². The number of aromatic nitrogens is 1. The second-order valence-corrected chi connectivity index (χ2v) is 4.60. The van der Waals surface area contributed by atoms with Crippen molar-refractivity contribution in [1.82, 2.24) is 9.88 Å². The molecule has 0 aliphatic carbocycles. The zero-order valence-electron chi connectivity index (χ0n) is 11.2. The first kappa shape index (κ1) is 14.7. The zero-order chi connectivity index (χ0) is 13.5. The molecule has 1 heterocycles. The minimum Gasteiger partial charge on any atom is -0.391 e. The molecule has 5 nitrogen and oxygen atoms in total. The van der Waals surface area contributed by atoms with Crippen LogP contribution in [0.25, 0.3) is 0 Å². The van der Waals surface area contributed by atoms with Crippen molar-refractivity contribution in [1.29, 1.82) is 0 Å². The molecule has 0 radical (unpaired) electrons. The first-order chi connectivity index (χ1) is 8.56. The molecule has 102 valence electrons. The van der Waals surface area contributed by atoms with E-state index in [1.165, 1.54) is 0 Å². The van der Waals surface area contributed by atoms with Gasteiger partial charge in [0.05, 0.1) is 12.7 Å². The van der Waals surface area contributed by atoms with Crippen LogP contribution in [0, 0.1) is 5.92 Å². The van der Waals surface area contributed by atoms with Gasteiger partial charge in [0.15, 0.2) is 0 Å². The average Bonchev–Trinajstić information content (AvgIpc) is 2.81. The maximum atomic E-state index is 11.9. The normalized spacial score (nSPS) is 12.7. The second-order valence-electron chi connectivity index (χ2n) is 4.60. The Bertz CT molecular complexity index is 374. The number of nitrogens with zero attached hydrogens (tertiary/aromatic N) is 1. The van der Waals surface area contributed by atoms with Crippen molar-refractivity contribution in [3.8, 4) is 0 Å². The van der Waals surface area contributed by atoms with E-state index in [9.17, 15) is 9.90 Å². The highest BCUT2D eigenvalue weighted by Crippen LogP contribution is 2.04. The first-order valence-corrected chi connectivity index (χ1v) is 6.16. The number of nitrogens with one attached hydrogen (secondary N) is 1. The van der Waals surface area contributed by atoms with Crippen LogP contribution in [0.3, 0.4) is 0 Å². The molecule has 1 aromatic rings. The Labute approximate surface area is 108 Å². The van der Waals surface area contributed by atoms with Gasteiger partial charge >= 0.3 is 0 Å². The van der Waals surface area contributed by atoms with Gasteiger partial charge < -0.3 is 19.7 Å². The number of amides is 1. The van der Waals surface area contributed by atoms with E-state index in [0.717, 1.165) is 0 Å². The summed E-state index contributed by atoms with van der Waals surface area (Å²) in [6, 6.07) is 3.58. The van der Waals surface area contributed by atoms with E-state index in [0.29, 0.717) is 18.8 Å². The molecule has 1 unspecified atom stereocenters. The lowest BCUT2D eigenvalue weighted by atomic mass is 10.1. The summed E-state index contributed by atoms with van der Waals surface area (Å²) in [7, 11) is 1.63. The Morgan fingerprint density at radius 3 is 2.89 bits per heavy atom. The van der Waals surface area contributed by atoms with Gasteiger partial charge in [-0.2, -0.15) is 0 Å². The molecule has 1 atom stereocenters. The number of carbonyl (C=O) groups excluding carboxylic acids is 1. The van der Waals surface area contributed by atoms with E-state index in [4.69, 9.17) is 4.74 Å². The fraction of sp³-hybridized carbons (Fsp3) is 0.615. The molecule has 1 aromatic heterocycles. The summed E-state index contributed by atoms with van der Waals surface area (Å²) in [5.41, 5.74) is 0.586. The molecular formula is C13H22N2O3. The van der Waals surface area contributed by atoms with Crippen LogP contribution in [0.1, 0.15) is 24.3 Å². The summed E-state index contributed by atoms with van der Waals surface area (Å²) in [4.78, 5) is 11.9. The monoisotopic (exact) mass is 254 g/mol. The Morgan fingerprint density at radius 1 is 1.56 bits per heavy atom. The van der Waals surface area contributed by atoms with Crippen LogP contribution in [0.2, 0.25) is 0 Å². The predicted octanol–water partition coefficient (Wildman–Crippen LogP) is 0.881. The molecule has 0 fully saturated rings. The number of ether oxygens (including phenoxy) is 1. The van der Waals surface area contributed by atoms with Crippen LogP contribution in [0.4, 0.5) is 0 Å². The van der Waals surface area contributed by atoms with Gasteiger partial charge in [-0.1, -0.05) is 13.8 Å². The van der Waals surface area contributed by atoms with Gasteiger partial charge in [-0.25, -0.2) is 0 Å². The third-order valence-electron chi connectivity index (χ3n) is 2.84. The zero-order valence-corrected chi connectivity index (χ0v) is 11.2. The van der Waals surface area contributed by atoms with Crippen molar-refractivity contribution in [3.63, 3.8) is 0 Å². The number of aliphatic hydroxyl groups excluding tert-OH is 1. The van der Waals surface area contributed by atoms with E-state index in [1.54, 1.807) is 13.2 Å². The summed E-state index contributed by atoms with van der Waals surface area (Å²) in [5, 5.41) is 12.4. The maximum absolute atomic E-state index is 11.9. The Balaban J connectivity index is 2.53. The topological polar surface area (TPSA) is 63.5 Å². The van der Waals surface area contributed by atoms with Crippen molar-refractivity contribution in [2.75, 3.05) is 20.3 Å². The highest BCUT2D eigenvalue weighted by Gasteiger charge is 2.14. The van der Waals surface area contributed by atoms with Gasteiger partial charge in [0, 0.05) is 26.4 Å². The molecule has 2 N–H and O–H groups in total. The number of aliphatic hydroxyl groups is 1. The van der Waals surface area contributed by atoms with Crippen LogP contribution in [0.15, 0.2) is 18.3 Å². The molecule has 0 saturated heterocycles. The fourth-order valence-corrected chi connectivity index (χ4v) is 1.53. The summed E-state index contributed by atoms with van der Waals surface area (Å²) >= 11 is 0. The van der Waals surface area contributed by atoms with E-state index < -0.39 is 6.10 Å². The molecule has 18 heavy (non-hydrogen) atoms. The highest BCUT2D eigenvalue weighted by atomic mass is 16.5. The van der Waals surface area contributed by atoms with E-state index in [-0.39, 0.29) is 18.4 Å². The Morgan fingerprint density at radius 2 is 2.28 bits per heavy atom. The molecule has 0 spiro atoms. The number of methoxy groups -OCH3 is 1. The summed E-state index contributed by atoms with van der Waals surface area (Å²) in [6.45, 7) is 5.30. The first-order valence-electron chi connectivity index (χ1n) is 6.16. The van der Waals surface area contributed by atoms with Crippen LogP contribution in [-0.2, 0) is 11.3 Å². The van der Waals surface area contributed by atoms with Gasteiger partial charge in [-0.15, -0.1) is 0 Å². The molecule has 0 bridgehead atoms. The SMILES string of the molecule is COCCn1cccc1C(=O)NCC(O)C(C)C. The number of hydrogen-bond donors (Lipinski definition) is 2. The lowest BCUT2D eigenvalue weighted by Gasteiger charge is -2.15. The number of rotatable bonds is 7. The van der Waals surface area contributed by atoms with Crippen molar-refractivity contribution in [3.05, 3.63) is 24.0 Å². The minimum atomic E-state index is -0.517. The molecule has 0 aliphatic rings. The largest absolute Gasteiger partial charge is 0.391 e. The molecule has 0 aliphatic heterocycles. The van der Waals surface area contributed by atoms with Crippen molar-refractivity contribution < 1.29 is 14.6 Å². The fourth-order valence-electron chi connectivity index (χ4n) is 1.53. The molecular weight excluding hydrogens is 232 g/mol. The summed E-state index contributed by atoms with van der Waals surface area (Å²) in [6.07, 6.45) is 1.32. The Kier molecular flexibility index (Phi) is 5.88.